The summed E-state index contributed by atoms with van der Waals surface area (Å²) in [5.41, 5.74) is 1.73. The average molecular weight is 283 g/mol. The Labute approximate surface area is 118 Å². The summed E-state index contributed by atoms with van der Waals surface area (Å²) in [5, 5.41) is 11.8. The highest BCUT2D eigenvalue weighted by Crippen LogP contribution is 2.10. The Balaban J connectivity index is 1.87. The SMILES string of the molecule is Cc1cccc(NC(=O)NC2NC(C)CC(Cl)N2)c1. The third kappa shape index (κ3) is 4.38. The van der Waals surface area contributed by atoms with Crippen LogP contribution in [0.5, 0.6) is 0 Å². The first kappa shape index (κ1) is 14.1. The quantitative estimate of drug-likeness (QED) is 0.495. The summed E-state index contributed by atoms with van der Waals surface area (Å²) in [6.07, 6.45) is 0.496. The van der Waals surface area contributed by atoms with Crippen LogP contribution in [-0.4, -0.2) is 23.9 Å². The molecule has 1 heterocycles. The van der Waals surface area contributed by atoms with Crippen LogP contribution in [0.1, 0.15) is 18.9 Å². The molecule has 0 radical (unpaired) electrons. The van der Waals surface area contributed by atoms with Gasteiger partial charge in [0.15, 0.2) is 0 Å². The molecule has 3 atom stereocenters. The number of carbonyl (C=O) groups is 1. The van der Waals surface area contributed by atoms with Gasteiger partial charge >= 0.3 is 6.03 Å². The van der Waals surface area contributed by atoms with Crippen molar-refractivity contribution in [3.05, 3.63) is 29.8 Å². The van der Waals surface area contributed by atoms with Crippen LogP contribution in [0.25, 0.3) is 0 Å². The van der Waals surface area contributed by atoms with Gasteiger partial charge in [0.25, 0.3) is 0 Å². The van der Waals surface area contributed by atoms with E-state index < -0.39 is 0 Å². The van der Waals surface area contributed by atoms with E-state index in [1.807, 2.05) is 38.1 Å². The van der Waals surface area contributed by atoms with E-state index >= 15 is 0 Å². The van der Waals surface area contributed by atoms with Crippen LogP contribution in [0.2, 0.25) is 0 Å². The minimum atomic E-state index is -0.323. The Bertz CT molecular complexity index is 444. The lowest BCUT2D eigenvalue weighted by Gasteiger charge is -2.33. The van der Waals surface area contributed by atoms with Gasteiger partial charge < -0.3 is 10.6 Å². The molecule has 6 heteroatoms. The maximum atomic E-state index is 11.9. The molecule has 1 aromatic carbocycles. The first-order valence-electron chi connectivity index (χ1n) is 6.33. The van der Waals surface area contributed by atoms with Crippen molar-refractivity contribution in [3.63, 3.8) is 0 Å². The topological polar surface area (TPSA) is 65.2 Å². The highest BCUT2D eigenvalue weighted by Gasteiger charge is 2.24. The smallest absolute Gasteiger partial charge is 0.310 e. The van der Waals surface area contributed by atoms with Gasteiger partial charge in [-0.05, 0) is 38.0 Å². The van der Waals surface area contributed by atoms with Gasteiger partial charge in [-0.1, -0.05) is 12.1 Å². The summed E-state index contributed by atoms with van der Waals surface area (Å²) >= 11 is 6.05. The zero-order valence-electron chi connectivity index (χ0n) is 11.0. The monoisotopic (exact) mass is 282 g/mol. The normalized spacial score (nSPS) is 26.8. The molecule has 3 unspecified atom stereocenters. The molecule has 2 rings (SSSR count). The molecule has 104 valence electrons. The van der Waals surface area contributed by atoms with Gasteiger partial charge in [0.1, 0.15) is 6.29 Å². The molecule has 0 bridgehead atoms. The number of amides is 2. The molecular weight excluding hydrogens is 264 g/mol. The lowest BCUT2D eigenvalue weighted by molar-refractivity contribution is 0.225. The molecule has 0 saturated carbocycles. The predicted molar refractivity (Wildman–Crippen MR) is 77.1 cm³/mol. The Morgan fingerprint density at radius 1 is 1.42 bits per heavy atom. The number of halogens is 1. The summed E-state index contributed by atoms with van der Waals surface area (Å²) < 4.78 is 0. The van der Waals surface area contributed by atoms with Gasteiger partial charge in [-0.25, -0.2) is 4.79 Å². The average Bonchev–Trinajstić information content (AvgIpc) is 2.26. The van der Waals surface area contributed by atoms with E-state index in [1.165, 1.54) is 0 Å². The number of urea groups is 1. The van der Waals surface area contributed by atoms with Crippen LogP contribution < -0.4 is 21.3 Å². The molecule has 1 aliphatic heterocycles. The summed E-state index contributed by atoms with van der Waals surface area (Å²) in [5.74, 6) is 0. The van der Waals surface area contributed by atoms with Crippen molar-refractivity contribution in [1.82, 2.24) is 16.0 Å². The first-order valence-corrected chi connectivity index (χ1v) is 6.77. The first-order chi connectivity index (χ1) is 9.02. The van der Waals surface area contributed by atoms with Crippen LogP contribution in [0, 0.1) is 6.92 Å². The molecule has 0 aromatic heterocycles. The van der Waals surface area contributed by atoms with Crippen molar-refractivity contribution in [2.24, 2.45) is 0 Å². The van der Waals surface area contributed by atoms with Crippen molar-refractivity contribution in [1.29, 1.82) is 0 Å². The zero-order valence-corrected chi connectivity index (χ0v) is 11.8. The second kappa shape index (κ2) is 6.23. The second-order valence-corrected chi connectivity index (χ2v) is 5.37. The van der Waals surface area contributed by atoms with Gasteiger partial charge in [0.05, 0.1) is 5.50 Å². The van der Waals surface area contributed by atoms with E-state index in [-0.39, 0.29) is 23.9 Å². The van der Waals surface area contributed by atoms with Crippen LogP contribution in [-0.2, 0) is 0 Å². The molecule has 1 aliphatic rings. The Hall–Kier alpha value is -1.30. The number of anilines is 1. The summed E-state index contributed by atoms with van der Waals surface area (Å²) in [4.78, 5) is 11.9. The Morgan fingerprint density at radius 3 is 2.89 bits per heavy atom. The second-order valence-electron chi connectivity index (χ2n) is 4.84. The number of benzene rings is 1. The number of nitrogens with one attached hydrogen (secondary N) is 4. The van der Waals surface area contributed by atoms with Crippen LogP contribution in [0.3, 0.4) is 0 Å². The predicted octanol–water partition coefficient (Wildman–Crippen LogP) is 1.94. The zero-order chi connectivity index (χ0) is 13.8. The number of hydrogen-bond donors (Lipinski definition) is 4. The lowest BCUT2D eigenvalue weighted by Crippen LogP contribution is -2.63. The van der Waals surface area contributed by atoms with E-state index in [1.54, 1.807) is 0 Å². The maximum Gasteiger partial charge on any atom is 0.321 e. The molecule has 5 nitrogen and oxygen atoms in total. The van der Waals surface area contributed by atoms with Gasteiger partial charge in [-0.2, -0.15) is 0 Å². The molecule has 1 aromatic rings. The van der Waals surface area contributed by atoms with E-state index in [9.17, 15) is 4.79 Å². The fourth-order valence-corrected chi connectivity index (χ4v) is 2.46. The van der Waals surface area contributed by atoms with Crippen molar-refractivity contribution in [2.75, 3.05) is 5.32 Å². The van der Waals surface area contributed by atoms with Crippen molar-refractivity contribution in [3.8, 4) is 0 Å². The van der Waals surface area contributed by atoms with Crippen molar-refractivity contribution in [2.45, 2.75) is 38.1 Å². The van der Waals surface area contributed by atoms with Crippen LogP contribution >= 0.6 is 11.6 Å². The van der Waals surface area contributed by atoms with E-state index in [2.05, 4.69) is 21.3 Å². The Morgan fingerprint density at radius 2 is 2.21 bits per heavy atom. The van der Waals surface area contributed by atoms with Gasteiger partial charge in [0, 0.05) is 11.7 Å². The number of alkyl halides is 1. The standard InChI is InChI=1S/C13H19ClN4O/c1-8-4-3-5-10(6-8)16-13(19)18-12-15-9(2)7-11(14)17-12/h3-6,9,11-12,15,17H,7H2,1-2H3,(H2,16,18,19). The van der Waals surface area contributed by atoms with Crippen LogP contribution in [0.15, 0.2) is 24.3 Å². The molecule has 1 fully saturated rings. The van der Waals surface area contributed by atoms with E-state index in [0.29, 0.717) is 0 Å². The summed E-state index contributed by atoms with van der Waals surface area (Å²) in [6, 6.07) is 7.63. The molecule has 19 heavy (non-hydrogen) atoms. The third-order valence-electron chi connectivity index (χ3n) is 2.91. The summed E-state index contributed by atoms with van der Waals surface area (Å²) in [6.45, 7) is 4.01. The van der Waals surface area contributed by atoms with Crippen LogP contribution in [0.4, 0.5) is 10.5 Å². The minimum Gasteiger partial charge on any atom is -0.310 e. The van der Waals surface area contributed by atoms with Gasteiger partial charge in [-0.3, -0.25) is 10.6 Å². The maximum absolute atomic E-state index is 11.9. The number of aryl methyl sites for hydroxylation is 1. The minimum absolute atomic E-state index is 0.138. The lowest BCUT2D eigenvalue weighted by atomic mass is 10.2. The van der Waals surface area contributed by atoms with E-state index in [4.69, 9.17) is 11.6 Å². The molecule has 0 spiro atoms. The highest BCUT2D eigenvalue weighted by atomic mass is 35.5. The largest absolute Gasteiger partial charge is 0.321 e. The molecule has 2 amide bonds. The number of hydrogen-bond acceptors (Lipinski definition) is 3. The fourth-order valence-electron chi connectivity index (χ4n) is 2.06. The summed E-state index contributed by atoms with van der Waals surface area (Å²) in [7, 11) is 0. The van der Waals surface area contributed by atoms with Gasteiger partial charge in [-0.15, -0.1) is 11.6 Å². The third-order valence-corrected chi connectivity index (χ3v) is 3.21. The number of carbonyl (C=O) groups excluding carboxylic acids is 1. The van der Waals surface area contributed by atoms with Crippen molar-refractivity contribution >= 4 is 23.3 Å². The molecule has 4 N–H and O–H groups in total. The number of rotatable bonds is 2. The highest BCUT2D eigenvalue weighted by molar-refractivity contribution is 6.20. The van der Waals surface area contributed by atoms with Crippen molar-refractivity contribution < 1.29 is 4.79 Å². The molecule has 0 aliphatic carbocycles. The van der Waals surface area contributed by atoms with Gasteiger partial charge in [0.2, 0.25) is 0 Å². The van der Waals surface area contributed by atoms with E-state index in [0.717, 1.165) is 17.7 Å². The molecule has 1 saturated heterocycles. The Kier molecular flexibility index (Phi) is 4.63. The molecular formula is C13H19ClN4O. The fraction of sp³-hybridized carbons (Fsp3) is 0.462.